The summed E-state index contributed by atoms with van der Waals surface area (Å²) in [7, 11) is 8.55. The van der Waals surface area contributed by atoms with Crippen LogP contribution in [0.1, 0.15) is 138 Å². The van der Waals surface area contributed by atoms with Gasteiger partial charge in [0.05, 0.1) is 74.6 Å². The summed E-state index contributed by atoms with van der Waals surface area (Å²) in [4.78, 5) is 93.5. The third-order valence-electron chi connectivity index (χ3n) is 20.5. The van der Waals surface area contributed by atoms with Crippen molar-refractivity contribution in [1.29, 1.82) is 0 Å². The SMILES string of the molecule is C#CC1=C(N2CCC(C)(OC)CC2)c2cc(COC)ncc2CC1=O.C#CC1=C(N2CCC(C)(OC)CC2)c2cc(Cl)ncc2CC1=O.C#CC1=C(N2CCC3(CC2)CC3)c2cc(C(=O)N(C)C)ncc2CC1=O.C#CC1=C(N2CC[C@@H](n3cncn3)C2)c2ccncc2CC1=O. The van der Waals surface area contributed by atoms with Crippen LogP contribution in [-0.2, 0) is 65.7 Å². The van der Waals surface area contributed by atoms with E-state index in [9.17, 15) is 24.0 Å². The number of aromatic nitrogens is 7. The second-order valence-electron chi connectivity index (χ2n) is 26.8. The van der Waals surface area contributed by atoms with E-state index in [1.807, 2.05) is 16.8 Å². The molecule has 0 bridgehead atoms. The van der Waals surface area contributed by atoms with Crippen LogP contribution in [0.2, 0.25) is 5.15 Å². The molecule has 0 N–H and O–H groups in total. The Balaban J connectivity index is 0.000000131. The molecule has 1 atom stereocenters. The maximum absolute atomic E-state index is 12.6. The maximum atomic E-state index is 12.6. The highest BCUT2D eigenvalue weighted by molar-refractivity contribution is 6.29. The van der Waals surface area contributed by atoms with Gasteiger partial charge in [0, 0.05) is 167 Å². The minimum absolute atomic E-state index is 0.00722. The Kier molecular flexibility index (Phi) is 20.6. The molecule has 14 rings (SSSR count). The molecule has 1 saturated carbocycles. The Morgan fingerprint density at radius 2 is 1.03 bits per heavy atom. The number of hydrogen-bond donors (Lipinski definition) is 0. The number of ether oxygens (including phenoxy) is 3. The van der Waals surface area contributed by atoms with Crippen molar-refractivity contribution in [1.82, 2.24) is 59.2 Å². The van der Waals surface area contributed by atoms with Crippen LogP contribution in [0.4, 0.5) is 0 Å². The number of terminal acetylenes is 4. The van der Waals surface area contributed by atoms with E-state index in [4.69, 9.17) is 51.5 Å². The molecule has 5 aliphatic carbocycles. The average Bonchev–Trinajstić information content (AvgIpc) is 1.68. The number of pyridine rings is 4. The van der Waals surface area contributed by atoms with E-state index in [-0.39, 0.29) is 59.1 Å². The van der Waals surface area contributed by atoms with E-state index in [1.54, 1.807) is 91.2 Å². The normalized spacial score (nSPS) is 20.3. The van der Waals surface area contributed by atoms with Crippen LogP contribution in [0.25, 0.3) is 22.8 Å². The van der Waals surface area contributed by atoms with Crippen LogP contribution in [0.5, 0.6) is 0 Å². The molecule has 1 spiro atoms. The number of rotatable bonds is 10. The van der Waals surface area contributed by atoms with Crippen molar-refractivity contribution in [2.75, 3.05) is 87.8 Å². The van der Waals surface area contributed by atoms with Crippen LogP contribution < -0.4 is 0 Å². The quantitative estimate of drug-likeness (QED) is 0.0954. The highest BCUT2D eigenvalue weighted by Gasteiger charge is 2.46. The number of fused-ring (bicyclic) bond motifs is 4. The number of amides is 1. The van der Waals surface area contributed by atoms with Gasteiger partial charge < -0.3 is 38.7 Å². The Bertz CT molecular complexity index is 4260. The largest absolute Gasteiger partial charge is 0.378 e. The van der Waals surface area contributed by atoms with Crippen molar-refractivity contribution in [3.05, 3.63) is 151 Å². The van der Waals surface area contributed by atoms with Gasteiger partial charge in [-0.25, -0.2) is 14.6 Å². The summed E-state index contributed by atoms with van der Waals surface area (Å²) in [6.45, 7) is 11.3. The monoisotopic (exact) mass is 1320 g/mol. The number of halogens is 1. The number of piperidine rings is 3. The lowest BCUT2D eigenvalue weighted by atomic mass is 9.86. The van der Waals surface area contributed by atoms with Gasteiger partial charge >= 0.3 is 0 Å². The first kappa shape index (κ1) is 68.8. The molecule has 5 aromatic heterocycles. The van der Waals surface area contributed by atoms with E-state index in [2.05, 4.69) is 87.1 Å². The predicted octanol–water partition coefficient (Wildman–Crippen LogP) is 8.12. The molecule has 0 radical (unpaired) electrons. The number of likely N-dealkylation sites (tertiary alicyclic amines) is 4. The zero-order valence-electron chi connectivity index (χ0n) is 56.3. The fourth-order valence-corrected chi connectivity index (χ4v) is 14.4. The number of allylic oxidation sites excluding steroid dienone is 4. The molecule has 1 amide bonds. The highest BCUT2D eigenvalue weighted by Crippen LogP contribution is 2.55. The second kappa shape index (κ2) is 29.0. The van der Waals surface area contributed by atoms with Gasteiger partial charge in [0.1, 0.15) is 23.5 Å². The first-order valence-electron chi connectivity index (χ1n) is 32.9. The van der Waals surface area contributed by atoms with Crippen molar-refractivity contribution < 1.29 is 38.2 Å². The number of ketones is 4. The Morgan fingerprint density at radius 1 is 0.577 bits per heavy atom. The fourth-order valence-electron chi connectivity index (χ4n) is 14.2. The molecule has 5 fully saturated rings. The summed E-state index contributed by atoms with van der Waals surface area (Å²) in [6.07, 6.45) is 45.2. The topological polar surface area (TPSA) is 212 Å². The van der Waals surface area contributed by atoms with Gasteiger partial charge in [0.15, 0.2) is 23.1 Å². The summed E-state index contributed by atoms with van der Waals surface area (Å²) in [5.74, 6) is 10.2. The summed E-state index contributed by atoms with van der Waals surface area (Å²) < 4.78 is 18.3. The Hall–Kier alpha value is -9.54. The molecule has 9 heterocycles. The van der Waals surface area contributed by atoms with E-state index in [0.717, 1.165) is 170 Å². The van der Waals surface area contributed by atoms with E-state index >= 15 is 0 Å². The van der Waals surface area contributed by atoms with E-state index in [1.165, 1.54) is 17.7 Å². The van der Waals surface area contributed by atoms with Gasteiger partial charge in [0.25, 0.3) is 5.91 Å². The molecule has 97 heavy (non-hydrogen) atoms. The van der Waals surface area contributed by atoms with Crippen molar-refractivity contribution in [3.8, 4) is 49.4 Å². The zero-order valence-corrected chi connectivity index (χ0v) is 57.1. The number of carbonyl (C=O) groups is 5. The van der Waals surface area contributed by atoms with Crippen molar-refractivity contribution in [2.45, 2.75) is 121 Å². The van der Waals surface area contributed by atoms with Crippen LogP contribution in [-0.4, -0.2) is 187 Å². The van der Waals surface area contributed by atoms with Crippen molar-refractivity contribution >= 4 is 63.4 Å². The standard InChI is InChI=1S/C21H23N3O2.C20H24N2O3.C18H19ClN2O2.C17H15N5O/c1-4-15-18(25)11-14-13-22-17(20(26)23(2)3)12-16(14)19(15)24-9-7-21(5-6-21)8-10-24;1-5-16-18(23)10-14-12-21-15(13-24-3)11-17(14)19(16)22-8-6-20(2,25-4)7-9-22;1-4-13-15(22)9-12-11-20-16(19)10-14(12)17(13)21-7-5-18(2,23-3)6-8-21;1-2-14-16(23)7-12-8-18-5-3-15(12)17(14)21-6-4-13(9-21)22-11-19-10-20-22/h1,12-13H,5-11H2,2-3H3;1,11-12H,6-10,13H2,2-4H3;1,10-11H,5-9H2,2-3H3;1,3,5,8,10-11,13H,4,6-7,9H2/t;;;13-/m...1/s1. The Morgan fingerprint density at radius 3 is 1.48 bits per heavy atom. The first-order valence-corrected chi connectivity index (χ1v) is 33.2. The molecule has 4 saturated heterocycles. The Labute approximate surface area is 573 Å². The van der Waals surface area contributed by atoms with Crippen LogP contribution in [0, 0.1) is 54.8 Å². The minimum Gasteiger partial charge on any atom is -0.378 e. The summed E-state index contributed by atoms with van der Waals surface area (Å²) >= 11 is 6.07. The zero-order chi connectivity index (χ0) is 68.9. The molecule has 20 nitrogen and oxygen atoms in total. The molecule has 9 aliphatic rings. The third-order valence-corrected chi connectivity index (χ3v) is 20.7. The molecule has 500 valence electrons. The van der Waals surface area contributed by atoms with Gasteiger partial charge in [-0.15, -0.1) is 25.7 Å². The fraction of sp³-hybridized carbons (Fsp3) is 0.434. The van der Waals surface area contributed by atoms with Gasteiger partial charge in [-0.3, -0.25) is 38.9 Å². The highest BCUT2D eigenvalue weighted by atomic mass is 35.5. The number of hydrogen-bond acceptors (Lipinski definition) is 18. The first-order chi connectivity index (χ1) is 46.7. The number of carbonyl (C=O) groups excluding carboxylic acids is 5. The van der Waals surface area contributed by atoms with Gasteiger partial charge in [-0.05, 0) is 124 Å². The maximum Gasteiger partial charge on any atom is 0.271 e. The second-order valence-corrected chi connectivity index (χ2v) is 27.2. The molecular weight excluding hydrogens is 1240 g/mol. The predicted molar refractivity (Wildman–Crippen MR) is 369 cm³/mol. The average molecular weight is 1330 g/mol. The van der Waals surface area contributed by atoms with Crippen molar-refractivity contribution in [3.63, 3.8) is 0 Å². The minimum atomic E-state index is -0.151. The molecule has 21 heteroatoms. The van der Waals surface area contributed by atoms with E-state index in [0.29, 0.717) is 58.0 Å². The lowest BCUT2D eigenvalue weighted by Crippen LogP contribution is -2.43. The molecule has 0 unspecified atom stereocenters. The lowest BCUT2D eigenvalue weighted by Gasteiger charge is -2.41. The smallest absolute Gasteiger partial charge is 0.271 e. The molecule has 4 aliphatic heterocycles. The lowest BCUT2D eigenvalue weighted by molar-refractivity contribution is -0.115. The number of nitrogens with zero attached hydrogens (tertiary/aromatic N) is 12. The van der Waals surface area contributed by atoms with Crippen molar-refractivity contribution in [2.24, 2.45) is 5.41 Å². The van der Waals surface area contributed by atoms with Crippen LogP contribution >= 0.6 is 11.6 Å². The van der Waals surface area contributed by atoms with Crippen LogP contribution in [0.15, 0.2) is 90.2 Å². The van der Waals surface area contributed by atoms with E-state index < -0.39 is 0 Å². The van der Waals surface area contributed by atoms with Gasteiger partial charge in [-0.2, -0.15) is 5.10 Å². The molecule has 0 aromatic carbocycles. The summed E-state index contributed by atoms with van der Waals surface area (Å²) in [5.41, 5.74) is 14.2. The molecule has 5 aromatic rings. The number of Topliss-reactive ketones (excluding diaryl/α,β-unsaturated/α-hetero) is 4. The number of methoxy groups -OCH3 is 3. The summed E-state index contributed by atoms with van der Waals surface area (Å²) in [5, 5.41) is 4.63. The third kappa shape index (κ3) is 14.5. The van der Waals surface area contributed by atoms with Gasteiger partial charge in [-0.1, -0.05) is 35.3 Å². The van der Waals surface area contributed by atoms with Crippen LogP contribution in [0.3, 0.4) is 0 Å². The summed E-state index contributed by atoms with van der Waals surface area (Å²) in [6, 6.07) is 7.80. The van der Waals surface area contributed by atoms with Gasteiger partial charge in [0.2, 0.25) is 0 Å². The molecular formula is C76H81ClN12O8.